The summed E-state index contributed by atoms with van der Waals surface area (Å²) in [4.78, 5) is 24.8. The highest BCUT2D eigenvalue weighted by Gasteiger charge is 2.20. The fourth-order valence-electron chi connectivity index (χ4n) is 2.46. The number of carbonyl (C=O) groups excluding carboxylic acids is 2. The number of ether oxygens (including phenoxy) is 1. The first-order valence-corrected chi connectivity index (χ1v) is 10.4. The maximum atomic E-state index is 12.6. The van der Waals surface area contributed by atoms with Crippen LogP contribution in [0.3, 0.4) is 0 Å². The van der Waals surface area contributed by atoms with E-state index in [0.717, 1.165) is 17.9 Å². The topological polar surface area (TPSA) is 67.4 Å². The van der Waals surface area contributed by atoms with Crippen LogP contribution in [0.2, 0.25) is 0 Å². The SMILES string of the molecule is CCc1ccc(NC(=O)[C@H](CCSC)NC(=O)COc2ccccc2)cc1. The Balaban J connectivity index is 1.91. The number of thioether (sulfide) groups is 1. The van der Waals surface area contributed by atoms with Crippen LogP contribution in [0, 0.1) is 0 Å². The molecule has 144 valence electrons. The van der Waals surface area contributed by atoms with Gasteiger partial charge in [-0.05, 0) is 54.7 Å². The predicted octanol–water partition coefficient (Wildman–Crippen LogP) is 3.50. The van der Waals surface area contributed by atoms with E-state index in [4.69, 9.17) is 4.74 Å². The van der Waals surface area contributed by atoms with Crippen LogP contribution >= 0.6 is 11.8 Å². The lowest BCUT2D eigenvalue weighted by atomic mass is 10.1. The molecule has 0 heterocycles. The zero-order valence-corrected chi connectivity index (χ0v) is 16.6. The van der Waals surface area contributed by atoms with Crippen molar-refractivity contribution in [2.45, 2.75) is 25.8 Å². The Hall–Kier alpha value is -2.47. The molecule has 5 nitrogen and oxygen atoms in total. The summed E-state index contributed by atoms with van der Waals surface area (Å²) in [5, 5.41) is 5.65. The second-order valence-corrected chi connectivity index (χ2v) is 7.03. The molecule has 0 bridgehead atoms. The molecule has 2 aromatic rings. The average Bonchev–Trinajstić information content (AvgIpc) is 2.70. The average molecular weight is 387 g/mol. The molecule has 0 unspecified atom stereocenters. The number of benzene rings is 2. The summed E-state index contributed by atoms with van der Waals surface area (Å²) < 4.78 is 5.45. The molecule has 2 aromatic carbocycles. The molecular formula is C21H26N2O3S. The molecule has 27 heavy (non-hydrogen) atoms. The van der Waals surface area contributed by atoms with Gasteiger partial charge in [0.1, 0.15) is 11.8 Å². The van der Waals surface area contributed by atoms with Crippen molar-refractivity contribution in [2.24, 2.45) is 0 Å². The zero-order valence-electron chi connectivity index (χ0n) is 15.7. The molecular weight excluding hydrogens is 360 g/mol. The number of aryl methyl sites for hydroxylation is 1. The Bertz CT molecular complexity index is 720. The Labute approximate surface area is 164 Å². The van der Waals surface area contributed by atoms with Gasteiger partial charge in [-0.25, -0.2) is 0 Å². The Morgan fingerprint density at radius 2 is 1.78 bits per heavy atom. The van der Waals surface area contributed by atoms with Crippen molar-refractivity contribution < 1.29 is 14.3 Å². The Kier molecular flexibility index (Phi) is 8.71. The van der Waals surface area contributed by atoms with Crippen LogP contribution in [0.1, 0.15) is 18.9 Å². The van der Waals surface area contributed by atoms with Crippen LogP contribution < -0.4 is 15.4 Å². The number of amides is 2. The summed E-state index contributed by atoms with van der Waals surface area (Å²) in [6, 6.07) is 16.2. The van der Waals surface area contributed by atoms with E-state index in [9.17, 15) is 9.59 Å². The van der Waals surface area contributed by atoms with Gasteiger partial charge in [0.2, 0.25) is 5.91 Å². The molecule has 2 rings (SSSR count). The molecule has 0 fully saturated rings. The zero-order chi connectivity index (χ0) is 19.5. The molecule has 0 aliphatic heterocycles. The first-order valence-electron chi connectivity index (χ1n) is 8.98. The minimum absolute atomic E-state index is 0.127. The van der Waals surface area contributed by atoms with Gasteiger partial charge in [0, 0.05) is 5.69 Å². The fourth-order valence-corrected chi connectivity index (χ4v) is 2.93. The monoisotopic (exact) mass is 386 g/mol. The number of rotatable bonds is 10. The lowest BCUT2D eigenvalue weighted by molar-refractivity contribution is -0.127. The summed E-state index contributed by atoms with van der Waals surface area (Å²) in [5.41, 5.74) is 1.93. The van der Waals surface area contributed by atoms with Crippen molar-refractivity contribution in [1.82, 2.24) is 5.32 Å². The van der Waals surface area contributed by atoms with Gasteiger partial charge in [-0.3, -0.25) is 9.59 Å². The number of nitrogens with one attached hydrogen (secondary N) is 2. The molecule has 2 N–H and O–H groups in total. The number of para-hydroxylation sites is 1. The standard InChI is InChI=1S/C21H26N2O3S/c1-3-16-9-11-17(12-10-16)22-21(25)19(13-14-27-2)23-20(24)15-26-18-7-5-4-6-8-18/h4-12,19H,3,13-15H2,1-2H3,(H,22,25)(H,23,24)/t19-/m0/s1. The predicted molar refractivity (Wildman–Crippen MR) is 111 cm³/mol. The number of hydrogen-bond donors (Lipinski definition) is 2. The minimum Gasteiger partial charge on any atom is -0.484 e. The van der Waals surface area contributed by atoms with Gasteiger partial charge in [0.25, 0.3) is 5.91 Å². The van der Waals surface area contributed by atoms with Crippen molar-refractivity contribution in [1.29, 1.82) is 0 Å². The van der Waals surface area contributed by atoms with E-state index in [1.54, 1.807) is 23.9 Å². The molecule has 0 saturated carbocycles. The maximum Gasteiger partial charge on any atom is 0.258 e. The van der Waals surface area contributed by atoms with Crippen LogP contribution in [0.15, 0.2) is 54.6 Å². The third kappa shape index (κ3) is 7.35. The fraction of sp³-hybridized carbons (Fsp3) is 0.333. The van der Waals surface area contributed by atoms with Crippen LogP contribution in [-0.4, -0.2) is 36.5 Å². The first kappa shape index (κ1) is 20.8. The molecule has 0 aromatic heterocycles. The lowest BCUT2D eigenvalue weighted by Gasteiger charge is -2.18. The van der Waals surface area contributed by atoms with Gasteiger partial charge in [-0.2, -0.15) is 11.8 Å². The van der Waals surface area contributed by atoms with Crippen LogP contribution in [0.4, 0.5) is 5.69 Å². The number of anilines is 1. The highest BCUT2D eigenvalue weighted by molar-refractivity contribution is 7.98. The molecule has 2 amide bonds. The molecule has 1 atom stereocenters. The Morgan fingerprint density at radius 3 is 2.41 bits per heavy atom. The summed E-state index contributed by atoms with van der Waals surface area (Å²) in [6.07, 6.45) is 3.47. The van der Waals surface area contributed by atoms with E-state index < -0.39 is 6.04 Å². The van der Waals surface area contributed by atoms with Crippen molar-refractivity contribution in [3.05, 3.63) is 60.2 Å². The quantitative estimate of drug-likeness (QED) is 0.656. The number of hydrogen-bond acceptors (Lipinski definition) is 4. The maximum absolute atomic E-state index is 12.6. The van der Waals surface area contributed by atoms with Crippen LogP contribution in [0.25, 0.3) is 0 Å². The van der Waals surface area contributed by atoms with Crippen LogP contribution in [-0.2, 0) is 16.0 Å². The van der Waals surface area contributed by atoms with Crippen molar-refractivity contribution in [3.8, 4) is 5.75 Å². The second-order valence-electron chi connectivity index (χ2n) is 6.04. The molecule has 0 saturated heterocycles. The van der Waals surface area contributed by atoms with Crippen LogP contribution in [0.5, 0.6) is 5.75 Å². The van der Waals surface area contributed by atoms with Gasteiger partial charge in [-0.15, -0.1) is 0 Å². The van der Waals surface area contributed by atoms with E-state index in [2.05, 4.69) is 17.6 Å². The largest absolute Gasteiger partial charge is 0.484 e. The highest BCUT2D eigenvalue weighted by atomic mass is 32.2. The summed E-state index contributed by atoms with van der Waals surface area (Å²) >= 11 is 1.63. The van der Waals surface area contributed by atoms with E-state index in [-0.39, 0.29) is 18.4 Å². The minimum atomic E-state index is -0.602. The van der Waals surface area contributed by atoms with Crippen molar-refractivity contribution >= 4 is 29.3 Å². The summed E-state index contributed by atoms with van der Waals surface area (Å²) in [7, 11) is 0. The normalized spacial score (nSPS) is 11.5. The summed E-state index contributed by atoms with van der Waals surface area (Å²) in [5.74, 6) is 0.851. The molecule has 6 heteroatoms. The third-order valence-electron chi connectivity index (χ3n) is 4.01. The highest BCUT2D eigenvalue weighted by Crippen LogP contribution is 2.12. The van der Waals surface area contributed by atoms with E-state index in [0.29, 0.717) is 12.2 Å². The van der Waals surface area contributed by atoms with E-state index in [1.165, 1.54) is 5.56 Å². The van der Waals surface area contributed by atoms with Crippen molar-refractivity contribution in [3.63, 3.8) is 0 Å². The first-order chi connectivity index (χ1) is 13.1. The summed E-state index contributed by atoms with van der Waals surface area (Å²) in [6.45, 7) is 1.96. The van der Waals surface area contributed by atoms with Gasteiger partial charge < -0.3 is 15.4 Å². The smallest absolute Gasteiger partial charge is 0.258 e. The third-order valence-corrected chi connectivity index (χ3v) is 4.65. The van der Waals surface area contributed by atoms with Gasteiger partial charge in [0.05, 0.1) is 0 Å². The second kappa shape index (κ2) is 11.3. The lowest BCUT2D eigenvalue weighted by Crippen LogP contribution is -2.45. The van der Waals surface area contributed by atoms with Crippen molar-refractivity contribution in [2.75, 3.05) is 23.9 Å². The van der Waals surface area contributed by atoms with Gasteiger partial charge >= 0.3 is 0 Å². The Morgan fingerprint density at radius 1 is 1.07 bits per heavy atom. The molecule has 0 aliphatic carbocycles. The molecule has 0 spiro atoms. The van der Waals surface area contributed by atoms with E-state index in [1.807, 2.05) is 48.7 Å². The van der Waals surface area contributed by atoms with Gasteiger partial charge in [-0.1, -0.05) is 37.3 Å². The van der Waals surface area contributed by atoms with E-state index >= 15 is 0 Å². The number of carbonyl (C=O) groups is 2. The molecule has 0 aliphatic rings. The van der Waals surface area contributed by atoms with Gasteiger partial charge in [0.15, 0.2) is 6.61 Å². The molecule has 0 radical (unpaired) electrons.